The summed E-state index contributed by atoms with van der Waals surface area (Å²) in [5.74, 6) is 0.0312. The normalized spacial score (nSPS) is 16.4. The highest BCUT2D eigenvalue weighted by Crippen LogP contribution is 2.34. The molecule has 0 aliphatic carbocycles. The monoisotopic (exact) mass is 403 g/mol. The Morgan fingerprint density at radius 1 is 1.30 bits per heavy atom. The van der Waals surface area contributed by atoms with Crippen molar-refractivity contribution in [3.63, 3.8) is 0 Å². The molecule has 0 bridgehead atoms. The second-order valence-electron chi connectivity index (χ2n) is 5.97. The minimum Gasteiger partial charge on any atom is -0.504 e. The Labute approximate surface area is 167 Å². The molecule has 1 atom stereocenters. The van der Waals surface area contributed by atoms with Crippen LogP contribution in [0.2, 0.25) is 5.02 Å². The fourth-order valence-electron chi connectivity index (χ4n) is 2.88. The molecule has 0 radical (unpaired) electrons. The molecule has 3 rings (SSSR count). The number of phenols is 1. The van der Waals surface area contributed by atoms with Gasteiger partial charge in [0, 0.05) is 16.4 Å². The third-order valence-electron chi connectivity index (χ3n) is 4.13. The van der Waals surface area contributed by atoms with E-state index in [2.05, 4.69) is 16.0 Å². The molecule has 27 heavy (non-hydrogen) atoms. The van der Waals surface area contributed by atoms with Gasteiger partial charge in [0.2, 0.25) is 0 Å². The quantitative estimate of drug-likeness (QED) is 0.585. The lowest BCUT2D eigenvalue weighted by atomic mass is 9.94. The van der Waals surface area contributed by atoms with Crippen molar-refractivity contribution in [1.82, 2.24) is 10.6 Å². The lowest BCUT2D eigenvalue weighted by Crippen LogP contribution is -2.45. The summed E-state index contributed by atoms with van der Waals surface area (Å²) in [6, 6.07) is 11.3. The zero-order valence-electron chi connectivity index (χ0n) is 14.7. The molecule has 0 spiro atoms. The van der Waals surface area contributed by atoms with Gasteiger partial charge < -0.3 is 25.8 Å². The van der Waals surface area contributed by atoms with E-state index in [-0.39, 0.29) is 11.7 Å². The lowest BCUT2D eigenvalue weighted by Gasteiger charge is -2.30. The molecule has 0 aromatic heterocycles. The first-order valence-electron chi connectivity index (χ1n) is 8.11. The van der Waals surface area contributed by atoms with E-state index in [0.717, 1.165) is 5.56 Å². The topological polar surface area (TPSA) is 82.6 Å². The Kier molecular flexibility index (Phi) is 5.53. The van der Waals surface area contributed by atoms with Crippen molar-refractivity contribution >= 4 is 40.5 Å². The van der Waals surface area contributed by atoms with E-state index in [0.29, 0.717) is 32.8 Å². The Hall–Kier alpha value is -2.77. The molecule has 2 aromatic carbocycles. The summed E-state index contributed by atoms with van der Waals surface area (Å²) in [6.07, 6.45) is 0. The molecule has 1 unspecified atom stereocenters. The molecular formula is C19H18ClN3O3S. The summed E-state index contributed by atoms with van der Waals surface area (Å²) in [4.78, 5) is 13.0. The summed E-state index contributed by atoms with van der Waals surface area (Å²) in [7, 11) is 1.47. The molecule has 1 aliphatic rings. The number of aromatic hydroxyl groups is 1. The molecule has 1 aliphatic heterocycles. The first kappa shape index (κ1) is 19.0. The van der Waals surface area contributed by atoms with E-state index >= 15 is 0 Å². The molecule has 1 amide bonds. The SMILES string of the molecule is COc1cc(C2NC(=S)NC(C)=C2C(=O)Nc2cccc(Cl)c2)ccc1O. The fraction of sp³-hybridized carbons (Fsp3) is 0.158. The third-order valence-corrected chi connectivity index (χ3v) is 4.59. The number of benzene rings is 2. The summed E-state index contributed by atoms with van der Waals surface area (Å²) >= 11 is 11.2. The van der Waals surface area contributed by atoms with Gasteiger partial charge in [-0.05, 0) is 55.0 Å². The number of anilines is 1. The van der Waals surface area contributed by atoms with Crippen LogP contribution >= 0.6 is 23.8 Å². The van der Waals surface area contributed by atoms with Gasteiger partial charge in [-0.15, -0.1) is 0 Å². The summed E-state index contributed by atoms with van der Waals surface area (Å²) in [5.41, 5.74) is 2.42. The maximum absolute atomic E-state index is 13.0. The number of thiocarbonyl (C=S) groups is 1. The average Bonchev–Trinajstić information content (AvgIpc) is 2.61. The van der Waals surface area contributed by atoms with Crippen LogP contribution in [0.3, 0.4) is 0 Å². The van der Waals surface area contributed by atoms with Gasteiger partial charge >= 0.3 is 0 Å². The van der Waals surface area contributed by atoms with Crippen molar-refractivity contribution in [1.29, 1.82) is 0 Å². The minimum absolute atomic E-state index is 0.0170. The number of carbonyl (C=O) groups is 1. The van der Waals surface area contributed by atoms with Gasteiger partial charge in [-0.25, -0.2) is 0 Å². The maximum Gasteiger partial charge on any atom is 0.255 e. The van der Waals surface area contributed by atoms with Crippen LogP contribution < -0.4 is 20.7 Å². The predicted octanol–water partition coefficient (Wildman–Crippen LogP) is 3.49. The van der Waals surface area contributed by atoms with Gasteiger partial charge in [0.1, 0.15) is 0 Å². The number of nitrogens with one attached hydrogen (secondary N) is 3. The van der Waals surface area contributed by atoms with Crippen LogP contribution in [0.25, 0.3) is 0 Å². The van der Waals surface area contributed by atoms with Gasteiger partial charge in [0.05, 0.1) is 18.7 Å². The van der Waals surface area contributed by atoms with Crippen LogP contribution in [0.5, 0.6) is 11.5 Å². The highest BCUT2D eigenvalue weighted by molar-refractivity contribution is 7.80. The molecule has 8 heteroatoms. The summed E-state index contributed by atoms with van der Waals surface area (Å²) in [5, 5.41) is 19.7. The number of amides is 1. The van der Waals surface area contributed by atoms with Gasteiger partial charge in [-0.3, -0.25) is 4.79 Å². The second kappa shape index (κ2) is 7.85. The van der Waals surface area contributed by atoms with Gasteiger partial charge in [-0.2, -0.15) is 0 Å². The second-order valence-corrected chi connectivity index (χ2v) is 6.81. The van der Waals surface area contributed by atoms with Crippen LogP contribution in [0, 0.1) is 0 Å². The molecular weight excluding hydrogens is 386 g/mol. The molecule has 140 valence electrons. The maximum atomic E-state index is 13.0. The highest BCUT2D eigenvalue weighted by Gasteiger charge is 2.30. The standard InChI is InChI=1S/C19H18ClN3O3S/c1-10-16(18(25)22-13-5-3-4-12(20)9-13)17(23-19(27)21-10)11-6-7-14(24)15(8-11)26-2/h3-9,17,24H,1-2H3,(H,22,25)(H2,21,23,27). The first-order chi connectivity index (χ1) is 12.9. The number of hydrogen-bond donors (Lipinski definition) is 4. The lowest BCUT2D eigenvalue weighted by molar-refractivity contribution is -0.113. The van der Waals surface area contributed by atoms with Gasteiger partial charge in [-0.1, -0.05) is 23.7 Å². The van der Waals surface area contributed by atoms with Crippen LogP contribution in [-0.4, -0.2) is 23.2 Å². The Bertz CT molecular complexity index is 946. The fourth-order valence-corrected chi connectivity index (χ4v) is 3.34. The van der Waals surface area contributed by atoms with E-state index in [9.17, 15) is 9.90 Å². The van der Waals surface area contributed by atoms with E-state index < -0.39 is 6.04 Å². The Morgan fingerprint density at radius 3 is 2.78 bits per heavy atom. The summed E-state index contributed by atoms with van der Waals surface area (Å²) in [6.45, 7) is 1.78. The Balaban J connectivity index is 1.98. The number of halogens is 1. The number of rotatable bonds is 4. The van der Waals surface area contributed by atoms with E-state index in [1.54, 1.807) is 43.3 Å². The van der Waals surface area contributed by atoms with E-state index in [4.69, 9.17) is 28.6 Å². The molecule has 6 nitrogen and oxygen atoms in total. The zero-order chi connectivity index (χ0) is 19.6. The van der Waals surface area contributed by atoms with Crippen molar-refractivity contribution in [2.45, 2.75) is 13.0 Å². The van der Waals surface area contributed by atoms with Crippen LogP contribution in [0.4, 0.5) is 5.69 Å². The van der Waals surface area contributed by atoms with Crippen molar-refractivity contribution in [3.05, 3.63) is 64.3 Å². The summed E-state index contributed by atoms with van der Waals surface area (Å²) < 4.78 is 5.18. The van der Waals surface area contributed by atoms with Crippen molar-refractivity contribution in [3.8, 4) is 11.5 Å². The van der Waals surface area contributed by atoms with Gasteiger partial charge in [0.25, 0.3) is 5.91 Å². The molecule has 0 saturated carbocycles. The number of carbonyl (C=O) groups excluding carboxylic acids is 1. The van der Waals surface area contributed by atoms with Crippen LogP contribution in [-0.2, 0) is 4.79 Å². The van der Waals surface area contributed by atoms with E-state index in [1.807, 2.05) is 0 Å². The average molecular weight is 404 g/mol. The molecule has 4 N–H and O–H groups in total. The number of phenolic OH excluding ortho intramolecular Hbond substituents is 1. The van der Waals surface area contributed by atoms with E-state index in [1.165, 1.54) is 13.2 Å². The molecule has 0 saturated heterocycles. The largest absolute Gasteiger partial charge is 0.504 e. The smallest absolute Gasteiger partial charge is 0.255 e. The molecule has 2 aromatic rings. The number of ether oxygens (including phenoxy) is 1. The number of methoxy groups -OCH3 is 1. The number of hydrogen-bond acceptors (Lipinski definition) is 4. The minimum atomic E-state index is -0.507. The zero-order valence-corrected chi connectivity index (χ0v) is 16.2. The van der Waals surface area contributed by atoms with Crippen molar-refractivity contribution < 1.29 is 14.6 Å². The van der Waals surface area contributed by atoms with Crippen LogP contribution in [0.1, 0.15) is 18.5 Å². The molecule has 0 fully saturated rings. The Morgan fingerprint density at radius 2 is 2.07 bits per heavy atom. The highest BCUT2D eigenvalue weighted by atomic mass is 35.5. The number of allylic oxidation sites excluding steroid dienone is 1. The first-order valence-corrected chi connectivity index (χ1v) is 8.89. The van der Waals surface area contributed by atoms with Crippen molar-refractivity contribution in [2.75, 3.05) is 12.4 Å². The van der Waals surface area contributed by atoms with Crippen LogP contribution in [0.15, 0.2) is 53.7 Å². The predicted molar refractivity (Wildman–Crippen MR) is 109 cm³/mol. The van der Waals surface area contributed by atoms with Gasteiger partial charge in [0.15, 0.2) is 16.6 Å². The third kappa shape index (κ3) is 4.15. The van der Waals surface area contributed by atoms with Crippen molar-refractivity contribution in [2.24, 2.45) is 0 Å². The molecule has 1 heterocycles.